The lowest BCUT2D eigenvalue weighted by molar-refractivity contribution is -0.137. The average Bonchev–Trinajstić information content (AvgIpc) is 2.86. The summed E-state index contributed by atoms with van der Waals surface area (Å²) in [6.07, 6.45) is -3.60. The van der Waals surface area contributed by atoms with E-state index in [4.69, 9.17) is 0 Å². The normalized spacial score (nSPS) is 21.9. The fourth-order valence-corrected chi connectivity index (χ4v) is 3.48. The molecule has 0 fully saturated rings. The van der Waals surface area contributed by atoms with Gasteiger partial charge < -0.3 is 10.0 Å². The van der Waals surface area contributed by atoms with Crippen molar-refractivity contribution < 1.29 is 18.3 Å². The highest BCUT2D eigenvalue weighted by Crippen LogP contribution is 2.44. The van der Waals surface area contributed by atoms with Crippen LogP contribution in [0.25, 0.3) is 0 Å². The lowest BCUT2D eigenvalue weighted by Crippen LogP contribution is -2.47. The molecule has 7 heteroatoms. The van der Waals surface area contributed by atoms with Gasteiger partial charge in [-0.05, 0) is 18.6 Å². The minimum absolute atomic E-state index is 0. The van der Waals surface area contributed by atoms with Crippen LogP contribution in [0.2, 0.25) is 0 Å². The first-order valence-electron chi connectivity index (χ1n) is 7.74. The molecule has 25 heavy (non-hydrogen) atoms. The van der Waals surface area contributed by atoms with Crippen molar-refractivity contribution in [2.24, 2.45) is 4.99 Å². The van der Waals surface area contributed by atoms with Gasteiger partial charge in [-0.1, -0.05) is 36.4 Å². The predicted octanol–water partition coefficient (Wildman–Crippen LogP) is 3.79. The van der Waals surface area contributed by atoms with Crippen LogP contribution in [-0.2, 0) is 11.9 Å². The van der Waals surface area contributed by atoms with Gasteiger partial charge in [0.05, 0.1) is 5.56 Å². The molecule has 2 heterocycles. The first-order chi connectivity index (χ1) is 11.4. The highest BCUT2D eigenvalue weighted by Gasteiger charge is 2.49. The van der Waals surface area contributed by atoms with Crippen LogP contribution in [0.15, 0.2) is 53.5 Å². The third-order valence-corrected chi connectivity index (χ3v) is 4.61. The van der Waals surface area contributed by atoms with Gasteiger partial charge in [0.2, 0.25) is 0 Å². The van der Waals surface area contributed by atoms with Crippen LogP contribution in [0.4, 0.5) is 13.2 Å². The second-order valence-corrected chi connectivity index (χ2v) is 6.00. The van der Waals surface area contributed by atoms with E-state index in [1.54, 1.807) is 11.0 Å². The molecule has 3 nitrogen and oxygen atoms in total. The van der Waals surface area contributed by atoms with Crippen molar-refractivity contribution in [2.75, 3.05) is 13.1 Å². The minimum Gasteiger partial charge on any atom is -0.363 e. The second kappa shape index (κ2) is 6.04. The Labute approximate surface area is 149 Å². The molecule has 2 aliphatic heterocycles. The van der Waals surface area contributed by atoms with Crippen molar-refractivity contribution in [3.8, 4) is 0 Å². The molecule has 0 spiro atoms. The Morgan fingerprint density at radius 2 is 1.72 bits per heavy atom. The summed E-state index contributed by atoms with van der Waals surface area (Å²) in [7, 11) is 0. The van der Waals surface area contributed by atoms with Gasteiger partial charge in [0.15, 0.2) is 5.72 Å². The van der Waals surface area contributed by atoms with E-state index < -0.39 is 17.5 Å². The zero-order chi connectivity index (χ0) is 16.9. The number of hydrogen-bond donors (Lipinski definition) is 1. The van der Waals surface area contributed by atoms with Crippen LogP contribution < -0.4 is 0 Å². The zero-order valence-electron chi connectivity index (χ0n) is 13.1. The summed E-state index contributed by atoms with van der Waals surface area (Å²) in [6, 6.07) is 12.1. The van der Waals surface area contributed by atoms with Crippen LogP contribution in [0.1, 0.15) is 28.7 Å². The number of benzene rings is 2. The van der Waals surface area contributed by atoms with Gasteiger partial charge >= 0.3 is 6.18 Å². The standard InChI is InChI=1S/C18H15F3N2O.ClH/c19-18(20,21)13-8-6-12(7-9-13)17(24)15-5-2-1-4-14(15)16-22-10-3-11-23(16)17;/h1-2,4-9,24H,3,10-11H2;1H. The van der Waals surface area contributed by atoms with Crippen LogP contribution in [0.5, 0.6) is 0 Å². The summed E-state index contributed by atoms with van der Waals surface area (Å²) in [5.74, 6) is 0.708. The lowest BCUT2D eigenvalue weighted by Gasteiger charge is -2.37. The van der Waals surface area contributed by atoms with Crippen LogP contribution in [-0.4, -0.2) is 28.9 Å². The number of rotatable bonds is 1. The quantitative estimate of drug-likeness (QED) is 0.831. The summed E-state index contributed by atoms with van der Waals surface area (Å²) in [5.41, 5.74) is -0.311. The molecule has 1 unspecified atom stereocenters. The predicted molar refractivity (Wildman–Crippen MR) is 90.9 cm³/mol. The molecular formula is C18H16ClF3N2O. The maximum atomic E-state index is 12.8. The molecule has 2 aromatic carbocycles. The number of amidine groups is 1. The minimum atomic E-state index is -4.40. The highest BCUT2D eigenvalue weighted by molar-refractivity contribution is 6.04. The fourth-order valence-electron chi connectivity index (χ4n) is 3.48. The Morgan fingerprint density at radius 3 is 2.40 bits per heavy atom. The average molecular weight is 369 g/mol. The van der Waals surface area contributed by atoms with Gasteiger partial charge in [0.1, 0.15) is 5.84 Å². The fraction of sp³-hybridized carbons (Fsp3) is 0.278. The molecule has 2 aromatic rings. The van der Waals surface area contributed by atoms with Crippen molar-refractivity contribution in [2.45, 2.75) is 18.3 Å². The number of fused-ring (bicyclic) bond motifs is 3. The monoisotopic (exact) mass is 368 g/mol. The Kier molecular flexibility index (Phi) is 4.29. The first-order valence-corrected chi connectivity index (χ1v) is 7.74. The van der Waals surface area contributed by atoms with E-state index in [0.717, 1.165) is 24.1 Å². The van der Waals surface area contributed by atoms with E-state index in [2.05, 4.69) is 4.99 Å². The molecule has 4 rings (SSSR count). The van der Waals surface area contributed by atoms with E-state index in [9.17, 15) is 18.3 Å². The smallest absolute Gasteiger partial charge is 0.363 e. The van der Waals surface area contributed by atoms with E-state index in [1.165, 1.54) is 12.1 Å². The first kappa shape index (κ1) is 17.8. The van der Waals surface area contributed by atoms with Gasteiger partial charge in [-0.3, -0.25) is 4.99 Å². The van der Waals surface area contributed by atoms with Crippen molar-refractivity contribution in [1.29, 1.82) is 0 Å². The van der Waals surface area contributed by atoms with Crippen molar-refractivity contribution in [1.82, 2.24) is 4.90 Å². The van der Waals surface area contributed by atoms with Crippen molar-refractivity contribution in [3.63, 3.8) is 0 Å². The van der Waals surface area contributed by atoms with Gasteiger partial charge in [-0.25, -0.2) is 0 Å². The molecule has 0 aliphatic carbocycles. The second-order valence-electron chi connectivity index (χ2n) is 6.00. The van der Waals surface area contributed by atoms with E-state index in [1.807, 2.05) is 18.2 Å². The summed E-state index contributed by atoms with van der Waals surface area (Å²) in [4.78, 5) is 6.29. The molecule has 132 valence electrons. The molecule has 0 radical (unpaired) electrons. The number of aliphatic hydroxyl groups is 1. The number of alkyl halides is 3. The third-order valence-electron chi connectivity index (χ3n) is 4.61. The van der Waals surface area contributed by atoms with Crippen LogP contribution >= 0.6 is 12.4 Å². The van der Waals surface area contributed by atoms with Gasteiger partial charge in [-0.15, -0.1) is 12.4 Å². The number of aliphatic imine (C=N–C) groups is 1. The molecule has 0 amide bonds. The number of nitrogens with zero attached hydrogens (tertiary/aromatic N) is 2. The Hall–Kier alpha value is -2.05. The lowest BCUT2D eigenvalue weighted by atomic mass is 9.93. The Balaban J connectivity index is 0.00000182. The topological polar surface area (TPSA) is 35.8 Å². The van der Waals surface area contributed by atoms with E-state index in [-0.39, 0.29) is 12.4 Å². The van der Waals surface area contributed by atoms with Crippen molar-refractivity contribution >= 4 is 18.2 Å². The largest absolute Gasteiger partial charge is 0.416 e. The van der Waals surface area contributed by atoms with Crippen LogP contribution in [0.3, 0.4) is 0 Å². The molecule has 1 atom stereocenters. The van der Waals surface area contributed by atoms with Crippen molar-refractivity contribution in [3.05, 3.63) is 70.8 Å². The van der Waals surface area contributed by atoms with Gasteiger partial charge in [0.25, 0.3) is 0 Å². The third kappa shape index (κ3) is 2.60. The highest BCUT2D eigenvalue weighted by atomic mass is 35.5. The maximum absolute atomic E-state index is 12.8. The SMILES string of the molecule is Cl.OC1(c2ccc(C(F)(F)F)cc2)c2ccccc2C2=NCCCN21. The molecular weight excluding hydrogens is 353 g/mol. The van der Waals surface area contributed by atoms with E-state index >= 15 is 0 Å². The summed E-state index contributed by atoms with van der Waals surface area (Å²) < 4.78 is 38.4. The van der Waals surface area contributed by atoms with Crippen LogP contribution in [0, 0.1) is 0 Å². The maximum Gasteiger partial charge on any atom is 0.416 e. The number of halogens is 4. The molecule has 2 aliphatic rings. The Morgan fingerprint density at radius 1 is 1.04 bits per heavy atom. The molecule has 1 N–H and O–H groups in total. The number of hydrogen-bond acceptors (Lipinski definition) is 3. The van der Waals surface area contributed by atoms with Gasteiger partial charge in [-0.2, -0.15) is 13.2 Å². The summed E-state index contributed by atoms with van der Waals surface area (Å²) >= 11 is 0. The van der Waals surface area contributed by atoms with E-state index in [0.29, 0.717) is 30.1 Å². The Bertz CT molecular complexity index is 820. The molecule has 0 saturated carbocycles. The summed E-state index contributed by atoms with van der Waals surface area (Å²) in [5, 5.41) is 11.5. The molecule has 0 aromatic heterocycles. The summed E-state index contributed by atoms with van der Waals surface area (Å²) in [6.45, 7) is 1.29. The zero-order valence-corrected chi connectivity index (χ0v) is 13.9. The molecule has 0 bridgehead atoms. The van der Waals surface area contributed by atoms with Gasteiger partial charge in [0, 0.05) is 29.8 Å². The molecule has 0 saturated heterocycles.